The van der Waals surface area contributed by atoms with E-state index >= 15 is 0 Å². The Balaban J connectivity index is 2.17. The van der Waals surface area contributed by atoms with Crippen molar-refractivity contribution in [2.45, 2.75) is 10.6 Å². The standard InChI is InChI=1S/C14H10F2N2S/c15-11-1-2-13(18)14(6-11)19-8-10-3-9(7-17)4-12(16)5-10/h1-6H,8,18H2. The highest BCUT2D eigenvalue weighted by Gasteiger charge is 2.05. The van der Waals surface area contributed by atoms with Crippen molar-refractivity contribution in [1.82, 2.24) is 0 Å². The van der Waals surface area contributed by atoms with E-state index in [2.05, 4.69) is 0 Å². The first-order valence-corrected chi connectivity index (χ1v) is 6.44. The van der Waals surface area contributed by atoms with Gasteiger partial charge in [0.05, 0.1) is 11.6 Å². The van der Waals surface area contributed by atoms with Gasteiger partial charge >= 0.3 is 0 Å². The highest BCUT2D eigenvalue weighted by Crippen LogP contribution is 2.29. The van der Waals surface area contributed by atoms with Gasteiger partial charge in [-0.2, -0.15) is 5.26 Å². The third kappa shape index (κ3) is 3.46. The average Bonchev–Trinajstić information content (AvgIpc) is 2.39. The molecular weight excluding hydrogens is 266 g/mol. The van der Waals surface area contributed by atoms with Gasteiger partial charge in [0, 0.05) is 16.3 Å². The summed E-state index contributed by atoms with van der Waals surface area (Å²) in [5.74, 6) is -0.407. The molecule has 2 aromatic rings. The fraction of sp³-hybridized carbons (Fsp3) is 0.0714. The van der Waals surface area contributed by atoms with Gasteiger partial charge in [-0.25, -0.2) is 8.78 Å². The van der Waals surface area contributed by atoms with Crippen LogP contribution < -0.4 is 5.73 Å². The van der Waals surface area contributed by atoms with Crippen molar-refractivity contribution in [2.75, 3.05) is 5.73 Å². The first kappa shape index (κ1) is 13.4. The third-order valence-electron chi connectivity index (χ3n) is 2.46. The second-order valence-corrected chi connectivity index (χ2v) is 4.95. The van der Waals surface area contributed by atoms with Crippen molar-refractivity contribution in [3.8, 4) is 6.07 Å². The predicted octanol–water partition coefficient (Wildman–Crippen LogP) is 3.71. The summed E-state index contributed by atoms with van der Waals surface area (Å²) in [6.45, 7) is 0. The predicted molar refractivity (Wildman–Crippen MR) is 71.5 cm³/mol. The Morgan fingerprint density at radius 3 is 2.63 bits per heavy atom. The lowest BCUT2D eigenvalue weighted by molar-refractivity contribution is 0.624. The van der Waals surface area contributed by atoms with Crippen molar-refractivity contribution in [2.24, 2.45) is 0 Å². The summed E-state index contributed by atoms with van der Waals surface area (Å²) in [5, 5.41) is 8.76. The number of hydrogen-bond donors (Lipinski definition) is 1. The molecule has 2 nitrogen and oxygen atoms in total. The number of rotatable bonds is 3. The van der Waals surface area contributed by atoms with Crippen LogP contribution in [-0.4, -0.2) is 0 Å². The van der Waals surface area contributed by atoms with E-state index in [9.17, 15) is 8.78 Å². The zero-order valence-electron chi connectivity index (χ0n) is 9.86. The number of anilines is 1. The van der Waals surface area contributed by atoms with Crippen LogP contribution in [0, 0.1) is 23.0 Å². The van der Waals surface area contributed by atoms with Gasteiger partial charge in [-0.05, 0) is 42.0 Å². The van der Waals surface area contributed by atoms with E-state index in [0.29, 0.717) is 21.9 Å². The van der Waals surface area contributed by atoms with Crippen molar-refractivity contribution in [3.05, 3.63) is 59.2 Å². The first-order valence-electron chi connectivity index (χ1n) is 5.46. The molecule has 2 N–H and O–H groups in total. The quantitative estimate of drug-likeness (QED) is 0.686. The molecule has 0 bridgehead atoms. The van der Waals surface area contributed by atoms with Gasteiger partial charge in [0.1, 0.15) is 11.6 Å². The number of nitriles is 1. The van der Waals surface area contributed by atoms with Crippen LogP contribution in [0.15, 0.2) is 41.3 Å². The largest absolute Gasteiger partial charge is 0.398 e. The number of halogens is 2. The summed E-state index contributed by atoms with van der Waals surface area (Å²) >= 11 is 1.30. The molecule has 2 aromatic carbocycles. The van der Waals surface area contributed by atoms with Crippen molar-refractivity contribution >= 4 is 17.4 Å². The summed E-state index contributed by atoms with van der Waals surface area (Å²) in [4.78, 5) is 0.600. The van der Waals surface area contributed by atoms with Crippen LogP contribution in [0.5, 0.6) is 0 Å². The molecule has 0 heterocycles. The second kappa shape index (κ2) is 5.72. The Hall–Kier alpha value is -2.06. The molecule has 0 radical (unpaired) electrons. The Bertz CT molecular complexity index is 650. The van der Waals surface area contributed by atoms with Crippen LogP contribution in [0.1, 0.15) is 11.1 Å². The number of nitrogens with two attached hydrogens (primary N) is 1. The van der Waals surface area contributed by atoms with E-state index in [0.717, 1.165) is 0 Å². The Morgan fingerprint density at radius 1 is 1.11 bits per heavy atom. The lowest BCUT2D eigenvalue weighted by Crippen LogP contribution is -1.91. The molecule has 0 amide bonds. The number of hydrogen-bond acceptors (Lipinski definition) is 3. The summed E-state index contributed by atoms with van der Waals surface area (Å²) in [6, 6.07) is 10.1. The lowest BCUT2D eigenvalue weighted by Gasteiger charge is -2.06. The zero-order chi connectivity index (χ0) is 13.8. The monoisotopic (exact) mass is 276 g/mol. The lowest BCUT2D eigenvalue weighted by atomic mass is 10.1. The van der Waals surface area contributed by atoms with Gasteiger partial charge in [-0.1, -0.05) is 0 Å². The van der Waals surface area contributed by atoms with E-state index in [1.807, 2.05) is 6.07 Å². The van der Waals surface area contributed by atoms with Crippen LogP contribution in [0.2, 0.25) is 0 Å². The van der Waals surface area contributed by atoms with Gasteiger partial charge in [0.2, 0.25) is 0 Å². The molecule has 0 aromatic heterocycles. The molecule has 96 valence electrons. The minimum atomic E-state index is -0.457. The highest BCUT2D eigenvalue weighted by atomic mass is 32.2. The molecule has 0 unspecified atom stereocenters. The second-order valence-electron chi connectivity index (χ2n) is 3.93. The number of thioether (sulfide) groups is 1. The molecule has 0 spiro atoms. The van der Waals surface area contributed by atoms with Crippen LogP contribution in [0.3, 0.4) is 0 Å². The summed E-state index contributed by atoms with van der Waals surface area (Å²) in [7, 11) is 0. The van der Waals surface area contributed by atoms with E-state index in [1.54, 1.807) is 6.07 Å². The van der Waals surface area contributed by atoms with Crippen LogP contribution in [-0.2, 0) is 5.75 Å². The maximum Gasteiger partial charge on any atom is 0.124 e. The molecule has 19 heavy (non-hydrogen) atoms. The van der Waals surface area contributed by atoms with E-state index in [1.165, 1.54) is 42.1 Å². The molecule has 0 aliphatic heterocycles. The van der Waals surface area contributed by atoms with Gasteiger partial charge < -0.3 is 5.73 Å². The Labute approximate surface area is 113 Å². The average molecular weight is 276 g/mol. The maximum atomic E-state index is 13.2. The molecule has 0 aliphatic rings. The Morgan fingerprint density at radius 2 is 1.89 bits per heavy atom. The maximum absolute atomic E-state index is 13.2. The molecule has 2 rings (SSSR count). The fourth-order valence-corrected chi connectivity index (χ4v) is 2.51. The highest BCUT2D eigenvalue weighted by molar-refractivity contribution is 7.98. The van der Waals surface area contributed by atoms with E-state index < -0.39 is 5.82 Å². The van der Waals surface area contributed by atoms with Gasteiger partial charge in [0.15, 0.2) is 0 Å². The molecule has 5 heteroatoms. The van der Waals surface area contributed by atoms with Crippen LogP contribution >= 0.6 is 11.8 Å². The SMILES string of the molecule is N#Cc1cc(F)cc(CSc2cc(F)ccc2N)c1. The molecular formula is C14H10F2N2S. The van der Waals surface area contributed by atoms with Crippen LogP contribution in [0.4, 0.5) is 14.5 Å². The topological polar surface area (TPSA) is 49.8 Å². The molecule has 0 atom stereocenters. The van der Waals surface area contributed by atoms with Crippen LogP contribution in [0.25, 0.3) is 0 Å². The number of nitrogen functional groups attached to an aromatic ring is 1. The fourth-order valence-electron chi connectivity index (χ4n) is 1.59. The van der Waals surface area contributed by atoms with Crippen molar-refractivity contribution in [3.63, 3.8) is 0 Å². The number of benzene rings is 2. The summed E-state index contributed by atoms with van der Waals surface area (Å²) < 4.78 is 26.3. The number of nitrogens with zero attached hydrogens (tertiary/aromatic N) is 1. The minimum absolute atomic E-state index is 0.266. The van der Waals surface area contributed by atoms with Gasteiger partial charge in [-0.3, -0.25) is 0 Å². The van der Waals surface area contributed by atoms with Gasteiger partial charge in [0.25, 0.3) is 0 Å². The third-order valence-corrected chi connectivity index (χ3v) is 3.60. The van der Waals surface area contributed by atoms with E-state index in [4.69, 9.17) is 11.0 Å². The minimum Gasteiger partial charge on any atom is -0.398 e. The molecule has 0 fully saturated rings. The van der Waals surface area contributed by atoms with Crippen molar-refractivity contribution < 1.29 is 8.78 Å². The van der Waals surface area contributed by atoms with Gasteiger partial charge in [-0.15, -0.1) is 11.8 Å². The smallest absolute Gasteiger partial charge is 0.124 e. The molecule has 0 aliphatic carbocycles. The zero-order valence-corrected chi connectivity index (χ0v) is 10.7. The Kier molecular flexibility index (Phi) is 4.03. The summed E-state index contributed by atoms with van der Waals surface area (Å²) in [6.07, 6.45) is 0. The van der Waals surface area contributed by atoms with Crippen molar-refractivity contribution in [1.29, 1.82) is 5.26 Å². The summed E-state index contributed by atoms with van der Waals surface area (Å²) in [5.41, 5.74) is 7.13. The molecule has 0 saturated carbocycles. The molecule has 0 saturated heterocycles. The normalized spacial score (nSPS) is 10.2. The van der Waals surface area contributed by atoms with E-state index in [-0.39, 0.29) is 11.4 Å². The first-order chi connectivity index (χ1) is 9.08.